The topological polar surface area (TPSA) is 42.4 Å². The van der Waals surface area contributed by atoms with Crippen LogP contribution in [0, 0.1) is 11.6 Å². The minimum absolute atomic E-state index is 0.0289. The van der Waals surface area contributed by atoms with Gasteiger partial charge in [0.25, 0.3) is 0 Å². The lowest BCUT2D eigenvalue weighted by Gasteiger charge is -2.09. The monoisotopic (exact) mass is 351 g/mol. The first-order valence-corrected chi connectivity index (χ1v) is 6.74. The van der Waals surface area contributed by atoms with Crippen LogP contribution < -0.4 is 4.74 Å². The second-order valence-electron chi connectivity index (χ2n) is 4.32. The van der Waals surface area contributed by atoms with Crippen molar-refractivity contribution in [2.75, 3.05) is 0 Å². The van der Waals surface area contributed by atoms with Crippen molar-refractivity contribution in [2.45, 2.75) is 0 Å². The molecule has 0 aliphatic rings. The molecule has 21 heavy (non-hydrogen) atoms. The van der Waals surface area contributed by atoms with E-state index < -0.39 is 11.6 Å². The van der Waals surface area contributed by atoms with E-state index in [0.29, 0.717) is 9.86 Å². The van der Waals surface area contributed by atoms with Gasteiger partial charge in [-0.05, 0) is 35.7 Å². The SMILES string of the molecule is Oc1ccc2ccnc(Oc3cc(Br)cc(F)c3F)c2c1. The highest BCUT2D eigenvalue weighted by Crippen LogP contribution is 2.33. The Labute approximate surface area is 126 Å². The minimum atomic E-state index is -1.10. The van der Waals surface area contributed by atoms with Crippen molar-refractivity contribution in [2.24, 2.45) is 0 Å². The molecule has 1 aromatic heterocycles. The number of aromatic hydroxyl groups is 1. The molecule has 1 heterocycles. The normalized spacial score (nSPS) is 10.8. The van der Waals surface area contributed by atoms with Crippen LogP contribution in [0.2, 0.25) is 0 Å². The van der Waals surface area contributed by atoms with Gasteiger partial charge < -0.3 is 9.84 Å². The summed E-state index contributed by atoms with van der Waals surface area (Å²) in [5.41, 5.74) is 0. The number of benzene rings is 2. The van der Waals surface area contributed by atoms with Crippen molar-refractivity contribution in [1.82, 2.24) is 4.98 Å². The molecular weight excluding hydrogens is 344 g/mol. The average Bonchev–Trinajstić information content (AvgIpc) is 2.45. The van der Waals surface area contributed by atoms with Gasteiger partial charge in [-0.25, -0.2) is 9.37 Å². The smallest absolute Gasteiger partial charge is 0.227 e. The van der Waals surface area contributed by atoms with Gasteiger partial charge >= 0.3 is 0 Å². The molecule has 106 valence electrons. The van der Waals surface area contributed by atoms with E-state index in [9.17, 15) is 13.9 Å². The number of halogens is 3. The molecule has 3 aromatic rings. The molecule has 0 aliphatic heterocycles. The molecule has 6 heteroatoms. The number of nitrogens with zero attached hydrogens (tertiary/aromatic N) is 1. The number of rotatable bonds is 2. The third-order valence-corrected chi connectivity index (χ3v) is 3.34. The van der Waals surface area contributed by atoms with Crippen LogP contribution in [0.3, 0.4) is 0 Å². The van der Waals surface area contributed by atoms with Crippen LogP contribution in [0.15, 0.2) is 47.1 Å². The first-order chi connectivity index (χ1) is 10.0. The Morgan fingerprint density at radius 1 is 1.10 bits per heavy atom. The Morgan fingerprint density at radius 3 is 2.71 bits per heavy atom. The molecule has 0 fully saturated rings. The zero-order chi connectivity index (χ0) is 15.0. The summed E-state index contributed by atoms with van der Waals surface area (Å²) in [4.78, 5) is 4.01. The number of hydrogen-bond donors (Lipinski definition) is 1. The van der Waals surface area contributed by atoms with E-state index in [1.165, 1.54) is 24.4 Å². The number of hydrogen-bond acceptors (Lipinski definition) is 3. The molecule has 0 unspecified atom stereocenters. The van der Waals surface area contributed by atoms with Gasteiger partial charge in [0.15, 0.2) is 11.6 Å². The fraction of sp³-hybridized carbons (Fsp3) is 0. The molecule has 0 atom stereocenters. The van der Waals surface area contributed by atoms with E-state index in [0.717, 1.165) is 11.5 Å². The number of pyridine rings is 1. The Morgan fingerprint density at radius 2 is 1.90 bits per heavy atom. The van der Waals surface area contributed by atoms with E-state index in [2.05, 4.69) is 20.9 Å². The first kappa shape index (κ1) is 13.8. The lowest BCUT2D eigenvalue weighted by Crippen LogP contribution is -1.94. The zero-order valence-electron chi connectivity index (χ0n) is 10.5. The molecule has 0 bridgehead atoms. The molecule has 0 saturated carbocycles. The molecule has 0 saturated heterocycles. The van der Waals surface area contributed by atoms with E-state index in [4.69, 9.17) is 4.74 Å². The fourth-order valence-corrected chi connectivity index (χ4v) is 2.33. The predicted molar refractivity (Wildman–Crippen MR) is 77.5 cm³/mol. The van der Waals surface area contributed by atoms with Gasteiger partial charge in [0.2, 0.25) is 11.7 Å². The molecular formula is C15H8BrF2NO2. The maximum Gasteiger partial charge on any atom is 0.227 e. The molecule has 0 spiro atoms. The van der Waals surface area contributed by atoms with Crippen molar-refractivity contribution in [1.29, 1.82) is 0 Å². The van der Waals surface area contributed by atoms with Crippen LogP contribution in [0.4, 0.5) is 8.78 Å². The van der Waals surface area contributed by atoms with Gasteiger partial charge in [0, 0.05) is 16.1 Å². The van der Waals surface area contributed by atoms with Crippen LogP contribution >= 0.6 is 15.9 Å². The Balaban J connectivity index is 2.12. The van der Waals surface area contributed by atoms with Gasteiger partial charge in [-0.2, -0.15) is 4.39 Å². The third-order valence-electron chi connectivity index (χ3n) is 2.88. The highest BCUT2D eigenvalue weighted by atomic mass is 79.9. The Hall–Kier alpha value is -2.21. The zero-order valence-corrected chi connectivity index (χ0v) is 12.1. The third kappa shape index (κ3) is 2.67. The summed E-state index contributed by atoms with van der Waals surface area (Å²) in [6.45, 7) is 0. The maximum atomic E-state index is 13.7. The minimum Gasteiger partial charge on any atom is -0.508 e. The summed E-state index contributed by atoms with van der Waals surface area (Å²) in [5.74, 6) is -2.30. The van der Waals surface area contributed by atoms with Gasteiger partial charge in [-0.15, -0.1) is 0 Å². The highest BCUT2D eigenvalue weighted by molar-refractivity contribution is 9.10. The van der Waals surface area contributed by atoms with E-state index in [1.807, 2.05) is 0 Å². The van der Waals surface area contributed by atoms with Gasteiger partial charge in [0.1, 0.15) is 5.75 Å². The lowest BCUT2D eigenvalue weighted by molar-refractivity contribution is 0.408. The van der Waals surface area contributed by atoms with Crippen LogP contribution in [0.5, 0.6) is 17.4 Å². The Bertz CT molecular complexity index is 839. The van der Waals surface area contributed by atoms with Crippen LogP contribution in [-0.2, 0) is 0 Å². The first-order valence-electron chi connectivity index (χ1n) is 5.95. The van der Waals surface area contributed by atoms with Gasteiger partial charge in [-0.1, -0.05) is 22.0 Å². The molecule has 1 N–H and O–H groups in total. The van der Waals surface area contributed by atoms with Crippen molar-refractivity contribution in [3.05, 3.63) is 58.7 Å². The molecule has 0 aliphatic carbocycles. The van der Waals surface area contributed by atoms with E-state index in [-0.39, 0.29) is 17.4 Å². The summed E-state index contributed by atoms with van der Waals surface area (Å²) in [6.07, 6.45) is 1.49. The van der Waals surface area contributed by atoms with Crippen molar-refractivity contribution in [3.8, 4) is 17.4 Å². The average molecular weight is 352 g/mol. The van der Waals surface area contributed by atoms with Crippen molar-refractivity contribution in [3.63, 3.8) is 0 Å². The number of phenols is 1. The summed E-state index contributed by atoms with van der Waals surface area (Å²) >= 11 is 3.07. The fourth-order valence-electron chi connectivity index (χ4n) is 1.92. The van der Waals surface area contributed by atoms with Gasteiger partial charge in [-0.3, -0.25) is 0 Å². The summed E-state index contributed by atoms with van der Waals surface area (Å²) in [5, 5.41) is 10.8. The second kappa shape index (κ2) is 5.29. The summed E-state index contributed by atoms with van der Waals surface area (Å²) < 4.78 is 32.8. The highest BCUT2D eigenvalue weighted by Gasteiger charge is 2.14. The summed E-state index contributed by atoms with van der Waals surface area (Å²) in [7, 11) is 0. The number of aromatic nitrogens is 1. The van der Waals surface area contributed by atoms with E-state index in [1.54, 1.807) is 12.1 Å². The number of ether oxygens (including phenoxy) is 1. The molecule has 3 nitrogen and oxygen atoms in total. The predicted octanol–water partition coefficient (Wildman–Crippen LogP) is 4.77. The second-order valence-corrected chi connectivity index (χ2v) is 5.24. The largest absolute Gasteiger partial charge is 0.508 e. The Kier molecular flexibility index (Phi) is 3.47. The van der Waals surface area contributed by atoms with Crippen LogP contribution in [0.1, 0.15) is 0 Å². The molecule has 3 rings (SSSR count). The van der Waals surface area contributed by atoms with Crippen LogP contribution in [0.25, 0.3) is 10.8 Å². The molecule has 0 amide bonds. The standard InChI is InChI=1S/C15H8BrF2NO2/c16-9-5-12(17)14(18)13(6-9)21-15-11-7-10(20)2-1-8(11)3-4-19-15/h1-7,20H. The van der Waals surface area contributed by atoms with Gasteiger partial charge in [0.05, 0.1) is 0 Å². The summed E-state index contributed by atoms with van der Waals surface area (Å²) in [6, 6.07) is 8.68. The molecule has 2 aromatic carbocycles. The van der Waals surface area contributed by atoms with Crippen molar-refractivity contribution < 1.29 is 18.6 Å². The lowest BCUT2D eigenvalue weighted by atomic mass is 10.1. The van der Waals surface area contributed by atoms with Crippen LogP contribution in [-0.4, -0.2) is 10.1 Å². The van der Waals surface area contributed by atoms with Crippen molar-refractivity contribution >= 4 is 26.7 Å². The number of fused-ring (bicyclic) bond motifs is 1. The molecule has 0 radical (unpaired) electrons. The maximum absolute atomic E-state index is 13.7. The quantitative estimate of drug-likeness (QED) is 0.676. The van der Waals surface area contributed by atoms with E-state index >= 15 is 0 Å². The number of phenolic OH excluding ortho intramolecular Hbond substituents is 1.